The second-order valence-corrected chi connectivity index (χ2v) is 11.4. The van der Waals surface area contributed by atoms with Crippen LogP contribution in [-0.4, -0.2) is 37.0 Å². The zero-order valence-electron chi connectivity index (χ0n) is 18.7. The molecule has 5 heteroatoms. The molecule has 5 aliphatic rings. The number of methoxy groups -OCH3 is 1. The second-order valence-electron chi connectivity index (χ2n) is 11.4. The van der Waals surface area contributed by atoms with Crippen LogP contribution in [0.4, 0.5) is 0 Å². The quantitative estimate of drug-likeness (QED) is 0.762. The van der Waals surface area contributed by atoms with Gasteiger partial charge in [-0.2, -0.15) is 0 Å². The number of likely N-dealkylation sites (tertiary alicyclic amines) is 1. The van der Waals surface area contributed by atoms with Crippen molar-refractivity contribution in [2.75, 3.05) is 20.2 Å². The third-order valence-electron chi connectivity index (χ3n) is 8.82. The van der Waals surface area contributed by atoms with Crippen molar-refractivity contribution >= 4 is 18.3 Å². The molecular weight excluding hydrogens is 396 g/mol. The highest BCUT2D eigenvalue weighted by Gasteiger charge is 2.61. The number of ether oxygens (including phenoxy) is 1. The van der Waals surface area contributed by atoms with Gasteiger partial charge in [0.05, 0.1) is 12.5 Å². The van der Waals surface area contributed by atoms with E-state index in [0.29, 0.717) is 17.7 Å². The summed E-state index contributed by atoms with van der Waals surface area (Å²) < 4.78 is 5.38. The molecule has 4 bridgehead atoms. The summed E-state index contributed by atoms with van der Waals surface area (Å²) in [5.74, 6) is 2.74. The molecule has 1 amide bonds. The Morgan fingerprint density at radius 3 is 2.30 bits per heavy atom. The minimum Gasteiger partial charge on any atom is -0.497 e. The van der Waals surface area contributed by atoms with E-state index in [1.54, 1.807) is 7.11 Å². The average molecular weight is 433 g/mol. The summed E-state index contributed by atoms with van der Waals surface area (Å²) in [4.78, 5) is 16.2. The van der Waals surface area contributed by atoms with Gasteiger partial charge in [-0.1, -0.05) is 26.0 Å². The van der Waals surface area contributed by atoms with Crippen LogP contribution in [0.3, 0.4) is 0 Å². The Hall–Kier alpha value is -1.26. The van der Waals surface area contributed by atoms with E-state index in [2.05, 4.69) is 43.0 Å². The van der Waals surface area contributed by atoms with Crippen molar-refractivity contribution in [3.05, 3.63) is 29.8 Å². The van der Waals surface area contributed by atoms with Crippen molar-refractivity contribution in [3.63, 3.8) is 0 Å². The van der Waals surface area contributed by atoms with E-state index in [4.69, 9.17) is 10.5 Å². The maximum atomic E-state index is 14.0. The van der Waals surface area contributed by atoms with Gasteiger partial charge < -0.3 is 15.4 Å². The maximum absolute atomic E-state index is 14.0. The van der Waals surface area contributed by atoms with Crippen LogP contribution >= 0.6 is 12.4 Å². The van der Waals surface area contributed by atoms with Crippen LogP contribution in [0.25, 0.3) is 0 Å². The van der Waals surface area contributed by atoms with E-state index in [0.717, 1.165) is 44.5 Å². The van der Waals surface area contributed by atoms with Gasteiger partial charge in [0, 0.05) is 19.1 Å². The molecule has 1 aliphatic heterocycles. The Morgan fingerprint density at radius 2 is 1.73 bits per heavy atom. The van der Waals surface area contributed by atoms with Crippen LogP contribution in [0.15, 0.2) is 24.3 Å². The molecule has 2 N–H and O–H groups in total. The molecule has 1 aromatic carbocycles. The van der Waals surface area contributed by atoms with Gasteiger partial charge in [0.2, 0.25) is 5.91 Å². The molecule has 1 heterocycles. The first-order valence-corrected chi connectivity index (χ1v) is 11.4. The summed E-state index contributed by atoms with van der Waals surface area (Å²) in [5.41, 5.74) is 7.80. The van der Waals surface area contributed by atoms with E-state index in [-0.39, 0.29) is 34.7 Å². The first-order valence-electron chi connectivity index (χ1n) is 11.4. The normalized spacial score (nSPS) is 38.8. The minimum absolute atomic E-state index is 0. The van der Waals surface area contributed by atoms with Gasteiger partial charge in [0.1, 0.15) is 5.75 Å². The number of nitrogens with two attached hydrogens (primary N) is 1. The summed E-state index contributed by atoms with van der Waals surface area (Å²) >= 11 is 0. The highest BCUT2D eigenvalue weighted by molar-refractivity contribution is 5.85. The molecule has 166 valence electrons. The lowest BCUT2D eigenvalue weighted by molar-refractivity contribution is -0.163. The van der Waals surface area contributed by atoms with Crippen molar-refractivity contribution in [2.45, 2.75) is 70.3 Å². The number of hydrogen-bond donors (Lipinski definition) is 1. The fourth-order valence-electron chi connectivity index (χ4n) is 7.68. The number of halogens is 1. The van der Waals surface area contributed by atoms with Crippen molar-refractivity contribution in [1.82, 2.24) is 4.90 Å². The predicted octanol–water partition coefficient (Wildman–Crippen LogP) is 4.54. The number of hydrogen-bond acceptors (Lipinski definition) is 3. The number of carbonyl (C=O) groups excluding carboxylic acids is 1. The number of piperidine rings is 1. The van der Waals surface area contributed by atoms with Crippen LogP contribution < -0.4 is 10.5 Å². The summed E-state index contributed by atoms with van der Waals surface area (Å²) in [6.45, 7) is 6.07. The molecule has 1 aromatic rings. The number of nitrogens with zero attached hydrogens (tertiary/aromatic N) is 1. The standard InChI is InChI=1S/C25H36N2O2.ClH/c1-23(2)16-27(9-8-21(23)26)22(28)25-13-17-10-18(14-25)12-24(11-17,15-25)19-4-6-20(29-3)7-5-19;/h4-7,17-18,21H,8-16,26H2,1-3H3;1H. The summed E-state index contributed by atoms with van der Waals surface area (Å²) in [5, 5.41) is 0. The molecule has 3 atom stereocenters. The molecule has 4 saturated carbocycles. The Kier molecular flexibility index (Phi) is 5.42. The highest BCUT2D eigenvalue weighted by atomic mass is 35.5. The van der Waals surface area contributed by atoms with E-state index >= 15 is 0 Å². The molecule has 5 fully saturated rings. The molecular formula is C25H37ClN2O2. The van der Waals surface area contributed by atoms with Crippen molar-refractivity contribution in [3.8, 4) is 5.75 Å². The number of benzene rings is 1. The van der Waals surface area contributed by atoms with Gasteiger partial charge in [0.15, 0.2) is 0 Å². The topological polar surface area (TPSA) is 55.6 Å². The van der Waals surface area contributed by atoms with Gasteiger partial charge in [-0.3, -0.25) is 4.79 Å². The van der Waals surface area contributed by atoms with Crippen LogP contribution in [0.2, 0.25) is 0 Å². The van der Waals surface area contributed by atoms with E-state index in [9.17, 15) is 4.79 Å². The first kappa shape index (κ1) is 22.0. The van der Waals surface area contributed by atoms with Crippen molar-refractivity contribution in [2.24, 2.45) is 28.4 Å². The molecule has 4 nitrogen and oxygen atoms in total. The Morgan fingerprint density at radius 1 is 1.10 bits per heavy atom. The third kappa shape index (κ3) is 3.35. The molecule has 0 spiro atoms. The SMILES string of the molecule is COc1ccc(C23CC4CC(CC(C(=O)N5CCC(N)C(C)(C)C5)(C4)C2)C3)cc1.Cl. The number of rotatable bonds is 3. The molecule has 1 saturated heterocycles. The molecule has 6 rings (SSSR count). The van der Waals surface area contributed by atoms with Gasteiger partial charge in [-0.15, -0.1) is 12.4 Å². The minimum atomic E-state index is -0.151. The van der Waals surface area contributed by atoms with Crippen LogP contribution in [-0.2, 0) is 10.2 Å². The molecule has 0 radical (unpaired) electrons. The number of carbonyl (C=O) groups is 1. The molecule has 30 heavy (non-hydrogen) atoms. The highest BCUT2D eigenvalue weighted by Crippen LogP contribution is 2.66. The lowest BCUT2D eigenvalue weighted by atomic mass is 9.42. The van der Waals surface area contributed by atoms with Crippen LogP contribution in [0.1, 0.15) is 64.4 Å². The van der Waals surface area contributed by atoms with Gasteiger partial charge >= 0.3 is 0 Å². The van der Waals surface area contributed by atoms with Crippen molar-refractivity contribution in [1.29, 1.82) is 0 Å². The number of amides is 1. The molecule has 4 aliphatic carbocycles. The Balaban J connectivity index is 0.00000218. The maximum Gasteiger partial charge on any atom is 0.228 e. The zero-order valence-corrected chi connectivity index (χ0v) is 19.5. The summed E-state index contributed by atoms with van der Waals surface area (Å²) in [6, 6.07) is 8.89. The lowest BCUT2D eigenvalue weighted by Gasteiger charge is -2.62. The van der Waals surface area contributed by atoms with Gasteiger partial charge in [-0.05, 0) is 85.3 Å². The zero-order chi connectivity index (χ0) is 20.4. The van der Waals surface area contributed by atoms with E-state index in [1.807, 2.05) is 0 Å². The van der Waals surface area contributed by atoms with E-state index in [1.165, 1.54) is 24.8 Å². The molecule has 3 unspecified atom stereocenters. The van der Waals surface area contributed by atoms with Crippen LogP contribution in [0, 0.1) is 22.7 Å². The fourth-order valence-corrected chi connectivity index (χ4v) is 7.68. The van der Waals surface area contributed by atoms with Gasteiger partial charge in [0.25, 0.3) is 0 Å². The largest absolute Gasteiger partial charge is 0.497 e. The lowest BCUT2D eigenvalue weighted by Crippen LogP contribution is -2.62. The second kappa shape index (κ2) is 7.41. The van der Waals surface area contributed by atoms with Crippen LogP contribution in [0.5, 0.6) is 5.75 Å². The first-order chi connectivity index (χ1) is 13.8. The third-order valence-corrected chi connectivity index (χ3v) is 8.82. The van der Waals surface area contributed by atoms with Crippen molar-refractivity contribution < 1.29 is 9.53 Å². The molecule has 0 aromatic heterocycles. The summed E-state index contributed by atoms with van der Waals surface area (Å²) in [6.07, 6.45) is 7.98. The predicted molar refractivity (Wildman–Crippen MR) is 122 cm³/mol. The van der Waals surface area contributed by atoms with E-state index < -0.39 is 0 Å². The monoisotopic (exact) mass is 432 g/mol. The Labute approximate surface area is 187 Å². The average Bonchev–Trinajstić information content (AvgIpc) is 2.68. The summed E-state index contributed by atoms with van der Waals surface area (Å²) in [7, 11) is 1.72. The fraction of sp³-hybridized carbons (Fsp3) is 0.720. The smallest absolute Gasteiger partial charge is 0.228 e. The van der Waals surface area contributed by atoms with Gasteiger partial charge in [-0.25, -0.2) is 0 Å². The Bertz CT molecular complexity index is 792.